The summed E-state index contributed by atoms with van der Waals surface area (Å²) in [5.74, 6) is -0.997. The molecule has 1 rings (SSSR count). The number of carboxylic acids is 1. The minimum Gasteiger partial charge on any atom is -0.481 e. The monoisotopic (exact) mass is 270 g/mol. The zero-order valence-corrected chi connectivity index (χ0v) is 11.5. The van der Waals surface area contributed by atoms with Crippen LogP contribution in [0.2, 0.25) is 0 Å². The lowest BCUT2D eigenvalue weighted by Gasteiger charge is -2.23. The molecule has 2 unspecified atom stereocenters. The summed E-state index contributed by atoms with van der Waals surface area (Å²) >= 11 is 0. The zero-order chi connectivity index (χ0) is 13.8. The SMILES string of the molecule is CC(C)CP(=O)(O)C(CC(=O)O)c1ccccc1. The number of rotatable bonds is 6. The average Bonchev–Trinajstić information content (AvgIpc) is 2.25. The van der Waals surface area contributed by atoms with E-state index in [1.807, 2.05) is 13.8 Å². The average molecular weight is 270 g/mol. The van der Waals surface area contributed by atoms with Gasteiger partial charge in [-0.05, 0) is 11.5 Å². The smallest absolute Gasteiger partial charge is 0.304 e. The molecule has 2 N–H and O–H groups in total. The van der Waals surface area contributed by atoms with Crippen molar-refractivity contribution in [3.8, 4) is 0 Å². The van der Waals surface area contributed by atoms with Crippen molar-refractivity contribution in [3.63, 3.8) is 0 Å². The Balaban J connectivity index is 3.06. The molecule has 0 aliphatic heterocycles. The topological polar surface area (TPSA) is 74.6 Å². The molecule has 100 valence electrons. The first kappa shape index (κ1) is 14.9. The summed E-state index contributed by atoms with van der Waals surface area (Å²) in [7, 11) is -3.52. The van der Waals surface area contributed by atoms with E-state index in [9.17, 15) is 14.3 Å². The van der Waals surface area contributed by atoms with Crippen LogP contribution < -0.4 is 0 Å². The molecule has 18 heavy (non-hydrogen) atoms. The van der Waals surface area contributed by atoms with E-state index in [-0.39, 0.29) is 18.5 Å². The molecular formula is C13H19O4P. The molecular weight excluding hydrogens is 251 g/mol. The molecule has 0 aromatic heterocycles. The van der Waals surface area contributed by atoms with Crippen molar-refractivity contribution < 1.29 is 19.4 Å². The molecule has 0 fully saturated rings. The normalized spacial score (nSPS) is 16.2. The van der Waals surface area contributed by atoms with Gasteiger partial charge in [0, 0.05) is 6.16 Å². The van der Waals surface area contributed by atoms with Gasteiger partial charge in [0.2, 0.25) is 7.37 Å². The first-order valence-corrected chi connectivity index (χ1v) is 7.82. The predicted octanol–water partition coefficient (Wildman–Crippen LogP) is 3.13. The third-order valence-electron chi connectivity index (χ3n) is 2.67. The third-order valence-corrected chi connectivity index (χ3v) is 5.37. The summed E-state index contributed by atoms with van der Waals surface area (Å²) in [5, 5.41) is 8.91. The molecule has 5 heteroatoms. The van der Waals surface area contributed by atoms with E-state index in [1.165, 1.54) is 0 Å². The van der Waals surface area contributed by atoms with Crippen LogP contribution in [-0.4, -0.2) is 22.1 Å². The van der Waals surface area contributed by atoms with Gasteiger partial charge in [-0.3, -0.25) is 9.36 Å². The highest BCUT2D eigenvalue weighted by molar-refractivity contribution is 7.58. The lowest BCUT2D eigenvalue weighted by atomic mass is 10.1. The Bertz CT molecular complexity index is 442. The van der Waals surface area contributed by atoms with E-state index >= 15 is 0 Å². The molecule has 0 saturated heterocycles. The summed E-state index contributed by atoms with van der Waals surface area (Å²) < 4.78 is 12.4. The predicted molar refractivity (Wildman–Crippen MR) is 71.0 cm³/mol. The molecule has 4 nitrogen and oxygen atoms in total. The van der Waals surface area contributed by atoms with Gasteiger partial charge in [0.1, 0.15) is 0 Å². The van der Waals surface area contributed by atoms with Gasteiger partial charge < -0.3 is 10.00 Å². The zero-order valence-electron chi connectivity index (χ0n) is 10.6. The summed E-state index contributed by atoms with van der Waals surface area (Å²) in [5.41, 5.74) is -0.204. The molecule has 0 bridgehead atoms. The van der Waals surface area contributed by atoms with E-state index in [0.717, 1.165) is 0 Å². The van der Waals surface area contributed by atoms with Gasteiger partial charge in [-0.25, -0.2) is 0 Å². The molecule has 2 atom stereocenters. The van der Waals surface area contributed by atoms with E-state index < -0.39 is 19.0 Å². The molecule has 1 aromatic rings. The second kappa shape index (κ2) is 6.17. The van der Waals surface area contributed by atoms with Gasteiger partial charge >= 0.3 is 5.97 Å². The molecule has 0 spiro atoms. The summed E-state index contributed by atoms with van der Waals surface area (Å²) in [6.45, 7) is 3.71. The van der Waals surface area contributed by atoms with Crippen LogP contribution in [0.15, 0.2) is 30.3 Å². The minimum atomic E-state index is -3.52. The Morgan fingerprint density at radius 3 is 2.28 bits per heavy atom. The van der Waals surface area contributed by atoms with Crippen molar-refractivity contribution in [1.82, 2.24) is 0 Å². The first-order valence-electron chi connectivity index (χ1n) is 5.91. The molecule has 0 heterocycles. The van der Waals surface area contributed by atoms with E-state index in [0.29, 0.717) is 5.56 Å². The van der Waals surface area contributed by atoms with Crippen LogP contribution in [0.25, 0.3) is 0 Å². The van der Waals surface area contributed by atoms with Crippen LogP contribution in [0.3, 0.4) is 0 Å². The van der Waals surface area contributed by atoms with Crippen molar-refractivity contribution in [3.05, 3.63) is 35.9 Å². The van der Waals surface area contributed by atoms with Crippen molar-refractivity contribution in [2.75, 3.05) is 6.16 Å². The Hall–Kier alpha value is -1.12. The summed E-state index contributed by atoms with van der Waals surface area (Å²) in [6, 6.07) is 8.71. The van der Waals surface area contributed by atoms with Gasteiger partial charge in [0.05, 0.1) is 12.1 Å². The van der Waals surface area contributed by atoms with Crippen LogP contribution >= 0.6 is 7.37 Å². The van der Waals surface area contributed by atoms with Gasteiger partial charge in [0.25, 0.3) is 0 Å². The molecule has 0 amide bonds. The lowest BCUT2D eigenvalue weighted by Crippen LogP contribution is -2.11. The maximum atomic E-state index is 12.4. The van der Waals surface area contributed by atoms with Gasteiger partial charge in [-0.15, -0.1) is 0 Å². The van der Waals surface area contributed by atoms with Crippen LogP contribution in [0.1, 0.15) is 31.5 Å². The maximum absolute atomic E-state index is 12.4. The molecule has 1 aromatic carbocycles. The van der Waals surface area contributed by atoms with Crippen molar-refractivity contribution in [2.24, 2.45) is 5.92 Å². The van der Waals surface area contributed by atoms with Gasteiger partial charge in [-0.1, -0.05) is 44.2 Å². The fraction of sp³-hybridized carbons (Fsp3) is 0.462. The van der Waals surface area contributed by atoms with Crippen molar-refractivity contribution in [2.45, 2.75) is 25.9 Å². The number of carboxylic acid groups (broad SMARTS) is 1. The highest BCUT2D eigenvalue weighted by atomic mass is 31.2. The van der Waals surface area contributed by atoms with E-state index in [2.05, 4.69) is 0 Å². The highest BCUT2D eigenvalue weighted by Crippen LogP contribution is 2.58. The quantitative estimate of drug-likeness (QED) is 0.779. The molecule has 0 aliphatic carbocycles. The van der Waals surface area contributed by atoms with Crippen molar-refractivity contribution in [1.29, 1.82) is 0 Å². The van der Waals surface area contributed by atoms with Gasteiger partial charge in [0.15, 0.2) is 0 Å². The Labute approximate surface area is 107 Å². The van der Waals surface area contributed by atoms with Crippen molar-refractivity contribution >= 4 is 13.3 Å². The molecule has 0 radical (unpaired) electrons. The Morgan fingerprint density at radius 2 is 1.83 bits per heavy atom. The van der Waals surface area contributed by atoms with Crippen LogP contribution in [-0.2, 0) is 9.36 Å². The Morgan fingerprint density at radius 1 is 1.28 bits per heavy atom. The lowest BCUT2D eigenvalue weighted by molar-refractivity contribution is -0.137. The largest absolute Gasteiger partial charge is 0.481 e. The minimum absolute atomic E-state index is 0.0563. The standard InChI is InChI=1S/C13H19O4P/c1-10(2)9-18(16,17)12(8-13(14)15)11-6-4-3-5-7-11/h3-7,10,12H,8-9H2,1-2H3,(H,14,15)(H,16,17). The van der Waals surface area contributed by atoms with Crippen LogP contribution in [0.5, 0.6) is 0 Å². The number of carbonyl (C=O) groups is 1. The fourth-order valence-electron chi connectivity index (χ4n) is 1.98. The Kier molecular flexibility index (Phi) is 5.12. The van der Waals surface area contributed by atoms with Crippen LogP contribution in [0, 0.1) is 5.92 Å². The van der Waals surface area contributed by atoms with Gasteiger partial charge in [-0.2, -0.15) is 0 Å². The number of benzene rings is 1. The highest BCUT2D eigenvalue weighted by Gasteiger charge is 2.34. The fourth-order valence-corrected chi connectivity index (χ4v) is 4.36. The maximum Gasteiger partial charge on any atom is 0.304 e. The number of hydrogen-bond donors (Lipinski definition) is 2. The molecule has 0 aliphatic rings. The summed E-state index contributed by atoms with van der Waals surface area (Å²) in [6.07, 6.45) is -0.176. The number of aliphatic carboxylic acids is 1. The van der Waals surface area contributed by atoms with E-state index in [1.54, 1.807) is 30.3 Å². The summed E-state index contributed by atoms with van der Waals surface area (Å²) in [4.78, 5) is 21.0. The third kappa shape index (κ3) is 4.28. The second-order valence-corrected chi connectivity index (χ2v) is 7.36. The molecule has 0 saturated carbocycles. The first-order chi connectivity index (χ1) is 8.33. The number of hydrogen-bond acceptors (Lipinski definition) is 2. The second-order valence-electron chi connectivity index (χ2n) is 4.86. The van der Waals surface area contributed by atoms with Crippen LogP contribution in [0.4, 0.5) is 0 Å². The van der Waals surface area contributed by atoms with E-state index in [4.69, 9.17) is 5.11 Å².